The van der Waals surface area contributed by atoms with Crippen LogP contribution in [0.4, 0.5) is 0 Å². The van der Waals surface area contributed by atoms with Crippen molar-refractivity contribution in [3.63, 3.8) is 0 Å². The minimum absolute atomic E-state index is 0. The van der Waals surface area contributed by atoms with E-state index in [9.17, 15) is 0 Å². The van der Waals surface area contributed by atoms with Crippen LogP contribution in [0.25, 0.3) is 0 Å². The fraction of sp³-hybridized carbons (Fsp3) is 0.778. The molecule has 1 nitrogen and oxygen atoms in total. The molecule has 1 saturated carbocycles. The largest absolute Gasteiger partial charge is 1.00 e. The van der Waals surface area contributed by atoms with Crippen molar-refractivity contribution in [1.29, 1.82) is 0 Å². The Morgan fingerprint density at radius 1 is 1.40 bits per heavy atom. The standard InChI is InChI=1S/C18H30N.BrH/c1-5-11-19(12-7-6-8-14(19)2)17-10-9-15-13-16(17)18(15,3)4;/h5,10,14-16H,1,6-9,11-13H2,2-4H3;1H/q+1;/p-1. The normalized spacial score (nSPS) is 42.0. The van der Waals surface area contributed by atoms with Gasteiger partial charge in [-0.3, -0.25) is 4.48 Å². The smallest absolute Gasteiger partial charge is 0.109 e. The molecule has 2 heteroatoms. The van der Waals surface area contributed by atoms with Crippen molar-refractivity contribution in [2.75, 3.05) is 13.1 Å². The second-order valence-electron chi connectivity index (χ2n) is 7.75. The van der Waals surface area contributed by atoms with E-state index in [1.807, 2.05) is 0 Å². The van der Waals surface area contributed by atoms with E-state index >= 15 is 0 Å². The molecule has 0 N–H and O–H groups in total. The van der Waals surface area contributed by atoms with E-state index in [1.165, 1.54) is 43.1 Å². The molecular weight excluding hydrogens is 310 g/mol. The Morgan fingerprint density at radius 2 is 2.15 bits per heavy atom. The van der Waals surface area contributed by atoms with Crippen LogP contribution in [0.15, 0.2) is 24.4 Å². The number of fused-ring (bicyclic) bond motifs is 1. The summed E-state index contributed by atoms with van der Waals surface area (Å²) in [6, 6.07) is 0.783. The number of likely N-dealkylation sites (tertiary alicyclic amines) is 1. The summed E-state index contributed by atoms with van der Waals surface area (Å²) in [5, 5.41) is 0. The molecule has 2 bridgehead atoms. The van der Waals surface area contributed by atoms with E-state index in [0.717, 1.165) is 24.4 Å². The Hall–Kier alpha value is -0.0800. The monoisotopic (exact) mass is 339 g/mol. The lowest BCUT2D eigenvalue weighted by Gasteiger charge is -2.60. The van der Waals surface area contributed by atoms with Crippen molar-refractivity contribution < 1.29 is 21.5 Å². The van der Waals surface area contributed by atoms with Crippen molar-refractivity contribution >= 4 is 0 Å². The number of piperidine rings is 1. The number of rotatable bonds is 3. The molecule has 0 radical (unpaired) electrons. The molecule has 4 atom stereocenters. The molecule has 4 rings (SSSR count). The van der Waals surface area contributed by atoms with Gasteiger partial charge in [-0.2, -0.15) is 0 Å². The van der Waals surface area contributed by atoms with E-state index in [-0.39, 0.29) is 17.0 Å². The van der Waals surface area contributed by atoms with E-state index in [2.05, 4.69) is 39.5 Å². The predicted molar refractivity (Wildman–Crippen MR) is 81.6 cm³/mol. The van der Waals surface area contributed by atoms with Crippen LogP contribution in [0, 0.1) is 17.3 Å². The molecule has 20 heavy (non-hydrogen) atoms. The lowest BCUT2D eigenvalue weighted by atomic mass is 9.49. The van der Waals surface area contributed by atoms with Crippen LogP contribution in [0.2, 0.25) is 0 Å². The molecule has 4 unspecified atom stereocenters. The van der Waals surface area contributed by atoms with E-state index in [0.29, 0.717) is 5.41 Å². The summed E-state index contributed by atoms with van der Waals surface area (Å²) in [4.78, 5) is 0. The number of hydrogen-bond acceptors (Lipinski definition) is 0. The van der Waals surface area contributed by atoms with Gasteiger partial charge in [0, 0.05) is 5.92 Å². The number of hydrogen-bond donors (Lipinski definition) is 0. The molecule has 0 spiro atoms. The first-order valence-electron chi connectivity index (χ1n) is 8.20. The van der Waals surface area contributed by atoms with Gasteiger partial charge in [-0.15, -0.1) is 0 Å². The topological polar surface area (TPSA) is 0 Å². The highest BCUT2D eigenvalue weighted by atomic mass is 79.9. The van der Waals surface area contributed by atoms with E-state index < -0.39 is 0 Å². The second-order valence-corrected chi connectivity index (χ2v) is 7.75. The van der Waals surface area contributed by atoms with Gasteiger partial charge >= 0.3 is 0 Å². The third kappa shape index (κ3) is 2.14. The highest BCUT2D eigenvalue weighted by Crippen LogP contribution is 2.61. The lowest BCUT2D eigenvalue weighted by molar-refractivity contribution is -0.919. The summed E-state index contributed by atoms with van der Waals surface area (Å²) in [6.45, 7) is 14.0. The molecule has 0 aromatic heterocycles. The van der Waals surface area contributed by atoms with Gasteiger partial charge in [-0.25, -0.2) is 0 Å². The van der Waals surface area contributed by atoms with Crippen molar-refractivity contribution in [3.8, 4) is 0 Å². The van der Waals surface area contributed by atoms with Gasteiger partial charge in [0.1, 0.15) is 12.2 Å². The van der Waals surface area contributed by atoms with Gasteiger partial charge in [-0.05, 0) is 62.5 Å². The molecule has 0 aromatic carbocycles. The first-order chi connectivity index (χ1) is 9.02. The zero-order valence-electron chi connectivity index (χ0n) is 13.4. The summed E-state index contributed by atoms with van der Waals surface area (Å²) in [5.74, 6) is 1.79. The SMILES string of the molecule is C=CC[N+]1(C2=CCC3CC2C3(C)C)CCCCC1C.[Br-]. The highest BCUT2D eigenvalue weighted by molar-refractivity contribution is 5.19. The zero-order valence-corrected chi connectivity index (χ0v) is 15.0. The third-order valence-corrected chi connectivity index (χ3v) is 6.68. The first kappa shape index (κ1) is 16.3. The molecule has 4 aliphatic rings. The minimum atomic E-state index is 0. The minimum Gasteiger partial charge on any atom is -1.00 e. The Balaban J connectivity index is 0.00000147. The van der Waals surface area contributed by atoms with Gasteiger partial charge < -0.3 is 17.0 Å². The maximum atomic E-state index is 4.06. The van der Waals surface area contributed by atoms with Crippen LogP contribution >= 0.6 is 0 Å². The highest BCUT2D eigenvalue weighted by Gasteiger charge is 2.57. The number of allylic oxidation sites excluding steroid dienone is 2. The van der Waals surface area contributed by atoms with Crippen LogP contribution < -0.4 is 17.0 Å². The molecule has 1 saturated heterocycles. The fourth-order valence-electron chi connectivity index (χ4n) is 5.11. The maximum Gasteiger partial charge on any atom is 0.109 e. The zero-order chi connectivity index (χ0) is 13.7. The predicted octanol–water partition coefficient (Wildman–Crippen LogP) is 1.52. The molecule has 1 aliphatic heterocycles. The van der Waals surface area contributed by atoms with Gasteiger partial charge in [0.05, 0.1) is 12.6 Å². The van der Waals surface area contributed by atoms with Crippen molar-refractivity contribution in [3.05, 3.63) is 24.4 Å². The van der Waals surface area contributed by atoms with Crippen LogP contribution in [0.3, 0.4) is 0 Å². The summed E-state index contributed by atoms with van der Waals surface area (Å²) in [5.41, 5.74) is 2.33. The molecule has 3 aliphatic carbocycles. The summed E-state index contributed by atoms with van der Waals surface area (Å²) in [7, 11) is 0. The van der Waals surface area contributed by atoms with E-state index in [4.69, 9.17) is 0 Å². The van der Waals surface area contributed by atoms with Crippen molar-refractivity contribution in [2.45, 2.75) is 58.9 Å². The van der Waals surface area contributed by atoms with Crippen molar-refractivity contribution in [1.82, 2.24) is 0 Å². The molecular formula is C18H30BrN. The second kappa shape index (κ2) is 5.61. The Kier molecular flexibility index (Phi) is 4.57. The Morgan fingerprint density at radius 3 is 2.70 bits per heavy atom. The fourth-order valence-corrected chi connectivity index (χ4v) is 5.11. The number of quaternary nitrogens is 1. The maximum absolute atomic E-state index is 4.06. The van der Waals surface area contributed by atoms with E-state index in [1.54, 1.807) is 5.70 Å². The van der Waals surface area contributed by atoms with Gasteiger partial charge in [0.2, 0.25) is 0 Å². The Labute approximate surface area is 135 Å². The average molecular weight is 340 g/mol. The average Bonchev–Trinajstić information content (AvgIpc) is 2.41. The van der Waals surface area contributed by atoms with Gasteiger partial charge in [0.15, 0.2) is 0 Å². The van der Waals surface area contributed by atoms with Crippen LogP contribution in [0.5, 0.6) is 0 Å². The third-order valence-electron chi connectivity index (χ3n) is 6.68. The molecule has 0 aromatic rings. The summed E-state index contributed by atoms with van der Waals surface area (Å²) in [6.07, 6.45) is 11.8. The number of halogens is 1. The summed E-state index contributed by atoms with van der Waals surface area (Å²) < 4.78 is 1.24. The van der Waals surface area contributed by atoms with Crippen LogP contribution in [-0.4, -0.2) is 23.6 Å². The molecule has 0 amide bonds. The van der Waals surface area contributed by atoms with Crippen LogP contribution in [-0.2, 0) is 0 Å². The molecule has 1 heterocycles. The number of nitrogens with zero attached hydrogens (tertiary/aromatic N) is 1. The Bertz CT molecular complexity index is 412. The molecule has 114 valence electrons. The molecule has 2 fully saturated rings. The van der Waals surface area contributed by atoms with Crippen molar-refractivity contribution in [2.24, 2.45) is 17.3 Å². The summed E-state index contributed by atoms with van der Waals surface area (Å²) >= 11 is 0. The lowest BCUT2D eigenvalue weighted by Crippen LogP contribution is -3.00. The first-order valence-corrected chi connectivity index (χ1v) is 8.20. The van der Waals surface area contributed by atoms with Crippen LogP contribution in [0.1, 0.15) is 52.9 Å². The van der Waals surface area contributed by atoms with Gasteiger partial charge in [-0.1, -0.05) is 20.4 Å². The quantitative estimate of drug-likeness (QED) is 0.540. The van der Waals surface area contributed by atoms with Gasteiger partial charge in [0.25, 0.3) is 0 Å².